The third kappa shape index (κ3) is 3.85. The minimum atomic E-state index is -0.167. The van der Waals surface area contributed by atoms with Gasteiger partial charge in [0.15, 0.2) is 0 Å². The Morgan fingerprint density at radius 1 is 1.08 bits per heavy atom. The van der Waals surface area contributed by atoms with Gasteiger partial charge in [-0.15, -0.1) is 0 Å². The van der Waals surface area contributed by atoms with E-state index in [-0.39, 0.29) is 5.91 Å². The standard InChI is InChI=1S/C20H21N3O3/c1-25-16-9-7-15(8-10-16)19-17(13-22-23-19)20(24)21-12-11-14-5-3-4-6-18(14)26-2/h3-10,13H,11-12H2,1-2H3,(H,21,24)(H,22,23). The van der Waals surface area contributed by atoms with Crippen LogP contribution in [0.4, 0.5) is 0 Å². The van der Waals surface area contributed by atoms with Gasteiger partial charge < -0.3 is 14.8 Å². The number of carbonyl (C=O) groups excluding carboxylic acids is 1. The molecule has 3 rings (SSSR count). The quantitative estimate of drug-likeness (QED) is 0.686. The van der Waals surface area contributed by atoms with Gasteiger partial charge in [-0.3, -0.25) is 9.89 Å². The highest BCUT2D eigenvalue weighted by Crippen LogP contribution is 2.23. The van der Waals surface area contributed by atoms with Gasteiger partial charge in [0, 0.05) is 12.1 Å². The van der Waals surface area contributed by atoms with E-state index < -0.39 is 0 Å². The number of rotatable bonds is 7. The molecule has 134 valence electrons. The maximum absolute atomic E-state index is 12.5. The number of methoxy groups -OCH3 is 2. The molecule has 0 bridgehead atoms. The normalized spacial score (nSPS) is 10.4. The Kier molecular flexibility index (Phi) is 5.53. The summed E-state index contributed by atoms with van der Waals surface area (Å²) < 4.78 is 10.5. The Bertz CT molecular complexity index is 872. The van der Waals surface area contributed by atoms with E-state index >= 15 is 0 Å². The number of hydrogen-bond acceptors (Lipinski definition) is 4. The van der Waals surface area contributed by atoms with Gasteiger partial charge in [-0.05, 0) is 42.3 Å². The van der Waals surface area contributed by atoms with Gasteiger partial charge >= 0.3 is 0 Å². The summed E-state index contributed by atoms with van der Waals surface area (Å²) in [4.78, 5) is 12.5. The van der Waals surface area contributed by atoms with Crippen molar-refractivity contribution in [2.45, 2.75) is 6.42 Å². The molecule has 0 radical (unpaired) electrons. The molecule has 0 unspecified atom stereocenters. The van der Waals surface area contributed by atoms with Crippen molar-refractivity contribution >= 4 is 5.91 Å². The minimum Gasteiger partial charge on any atom is -0.497 e. The summed E-state index contributed by atoms with van der Waals surface area (Å²) >= 11 is 0. The van der Waals surface area contributed by atoms with Gasteiger partial charge in [-0.2, -0.15) is 5.10 Å². The molecule has 3 aromatic rings. The number of para-hydroxylation sites is 1. The molecule has 0 fully saturated rings. The molecule has 0 saturated carbocycles. The molecule has 1 aromatic heterocycles. The first-order valence-electron chi connectivity index (χ1n) is 8.31. The van der Waals surface area contributed by atoms with Crippen LogP contribution in [0.25, 0.3) is 11.3 Å². The summed E-state index contributed by atoms with van der Waals surface area (Å²) in [5.41, 5.74) is 3.12. The second kappa shape index (κ2) is 8.20. The topological polar surface area (TPSA) is 76.2 Å². The number of aromatic nitrogens is 2. The first-order chi connectivity index (χ1) is 12.7. The van der Waals surface area contributed by atoms with Crippen LogP contribution < -0.4 is 14.8 Å². The molecule has 0 spiro atoms. The second-order valence-corrected chi connectivity index (χ2v) is 5.70. The predicted molar refractivity (Wildman–Crippen MR) is 99.6 cm³/mol. The van der Waals surface area contributed by atoms with Crippen LogP contribution in [0.2, 0.25) is 0 Å². The van der Waals surface area contributed by atoms with Crippen LogP contribution in [0.5, 0.6) is 11.5 Å². The van der Waals surface area contributed by atoms with Crippen LogP contribution in [0.15, 0.2) is 54.7 Å². The number of aromatic amines is 1. The SMILES string of the molecule is COc1ccc(-c2[nH]ncc2C(=O)NCCc2ccccc2OC)cc1. The first-order valence-corrected chi connectivity index (χ1v) is 8.31. The largest absolute Gasteiger partial charge is 0.497 e. The van der Waals surface area contributed by atoms with E-state index in [1.807, 2.05) is 48.5 Å². The number of hydrogen-bond donors (Lipinski definition) is 2. The molecular weight excluding hydrogens is 330 g/mol. The van der Waals surface area contributed by atoms with E-state index in [9.17, 15) is 4.79 Å². The zero-order valence-electron chi connectivity index (χ0n) is 14.8. The summed E-state index contributed by atoms with van der Waals surface area (Å²) in [5.74, 6) is 1.42. The number of H-pyrrole nitrogens is 1. The highest BCUT2D eigenvalue weighted by molar-refractivity contribution is 5.99. The Balaban J connectivity index is 1.66. The molecule has 6 nitrogen and oxygen atoms in total. The fourth-order valence-electron chi connectivity index (χ4n) is 2.75. The molecule has 6 heteroatoms. The van der Waals surface area contributed by atoms with Gasteiger partial charge in [0.25, 0.3) is 5.91 Å². The lowest BCUT2D eigenvalue weighted by Crippen LogP contribution is -2.26. The number of ether oxygens (including phenoxy) is 2. The average molecular weight is 351 g/mol. The van der Waals surface area contributed by atoms with Crippen molar-refractivity contribution in [2.24, 2.45) is 0 Å². The third-order valence-corrected chi connectivity index (χ3v) is 4.14. The molecule has 0 aliphatic heterocycles. The smallest absolute Gasteiger partial charge is 0.255 e. The van der Waals surface area contributed by atoms with E-state index in [0.717, 1.165) is 22.6 Å². The Morgan fingerprint density at radius 3 is 2.58 bits per heavy atom. The zero-order chi connectivity index (χ0) is 18.4. The predicted octanol–water partition coefficient (Wildman–Crippen LogP) is 3.07. The summed E-state index contributed by atoms with van der Waals surface area (Å²) in [5, 5.41) is 9.85. The van der Waals surface area contributed by atoms with Crippen LogP contribution >= 0.6 is 0 Å². The number of benzene rings is 2. The number of carbonyl (C=O) groups is 1. The maximum atomic E-state index is 12.5. The zero-order valence-corrected chi connectivity index (χ0v) is 14.8. The second-order valence-electron chi connectivity index (χ2n) is 5.70. The van der Waals surface area contributed by atoms with Crippen LogP contribution in [0.3, 0.4) is 0 Å². The molecule has 26 heavy (non-hydrogen) atoms. The molecule has 0 saturated heterocycles. The van der Waals surface area contributed by atoms with Crippen LogP contribution in [-0.4, -0.2) is 36.9 Å². The molecule has 2 aromatic carbocycles. The number of nitrogens with zero attached hydrogens (tertiary/aromatic N) is 1. The van der Waals surface area contributed by atoms with Gasteiger partial charge in [0.05, 0.1) is 31.7 Å². The van der Waals surface area contributed by atoms with E-state index in [2.05, 4.69) is 15.5 Å². The van der Waals surface area contributed by atoms with Crippen molar-refractivity contribution in [1.82, 2.24) is 15.5 Å². The Morgan fingerprint density at radius 2 is 1.85 bits per heavy atom. The molecule has 0 aliphatic rings. The Labute approximate surface area is 152 Å². The van der Waals surface area contributed by atoms with E-state index in [1.165, 1.54) is 6.20 Å². The summed E-state index contributed by atoms with van der Waals surface area (Å²) in [6.45, 7) is 0.506. The van der Waals surface area contributed by atoms with Gasteiger partial charge in [-0.1, -0.05) is 18.2 Å². The lowest BCUT2D eigenvalue weighted by molar-refractivity contribution is 0.0954. The van der Waals surface area contributed by atoms with Crippen LogP contribution in [0.1, 0.15) is 15.9 Å². The highest BCUT2D eigenvalue weighted by atomic mass is 16.5. The van der Waals surface area contributed by atoms with Crippen molar-refractivity contribution in [2.75, 3.05) is 20.8 Å². The summed E-state index contributed by atoms with van der Waals surface area (Å²) in [6, 6.07) is 15.3. The van der Waals surface area contributed by atoms with Crippen molar-refractivity contribution in [1.29, 1.82) is 0 Å². The third-order valence-electron chi connectivity index (χ3n) is 4.14. The lowest BCUT2D eigenvalue weighted by atomic mass is 10.1. The Hall–Kier alpha value is -3.28. The summed E-state index contributed by atoms with van der Waals surface area (Å²) in [7, 11) is 3.26. The molecular formula is C20H21N3O3. The molecule has 2 N–H and O–H groups in total. The van der Waals surface area contributed by atoms with Gasteiger partial charge in [0.1, 0.15) is 11.5 Å². The van der Waals surface area contributed by atoms with Crippen LogP contribution in [0, 0.1) is 0 Å². The van der Waals surface area contributed by atoms with Crippen LogP contribution in [-0.2, 0) is 6.42 Å². The average Bonchev–Trinajstić information content (AvgIpc) is 3.18. The fourth-order valence-corrected chi connectivity index (χ4v) is 2.75. The monoisotopic (exact) mass is 351 g/mol. The van der Waals surface area contributed by atoms with Crippen molar-refractivity contribution in [3.05, 3.63) is 65.9 Å². The molecule has 0 aliphatic carbocycles. The fraction of sp³-hybridized carbons (Fsp3) is 0.200. The molecule has 0 atom stereocenters. The van der Waals surface area contributed by atoms with E-state index in [0.29, 0.717) is 24.2 Å². The highest BCUT2D eigenvalue weighted by Gasteiger charge is 2.15. The van der Waals surface area contributed by atoms with Crippen molar-refractivity contribution in [3.8, 4) is 22.8 Å². The van der Waals surface area contributed by atoms with Crippen molar-refractivity contribution < 1.29 is 14.3 Å². The van der Waals surface area contributed by atoms with Crippen molar-refractivity contribution in [3.63, 3.8) is 0 Å². The van der Waals surface area contributed by atoms with E-state index in [1.54, 1.807) is 14.2 Å². The van der Waals surface area contributed by atoms with E-state index in [4.69, 9.17) is 9.47 Å². The molecule has 1 amide bonds. The van der Waals surface area contributed by atoms with Gasteiger partial charge in [-0.25, -0.2) is 0 Å². The lowest BCUT2D eigenvalue weighted by Gasteiger charge is -2.09. The minimum absolute atomic E-state index is 0.167. The van der Waals surface area contributed by atoms with Gasteiger partial charge in [0.2, 0.25) is 0 Å². The summed E-state index contributed by atoms with van der Waals surface area (Å²) in [6.07, 6.45) is 2.23. The number of nitrogens with one attached hydrogen (secondary N) is 2. The maximum Gasteiger partial charge on any atom is 0.255 e. The first kappa shape index (κ1) is 17.5. The number of amides is 1. The molecule has 1 heterocycles.